The van der Waals surface area contributed by atoms with Crippen LogP contribution in [-0.2, 0) is 0 Å². The average molecular weight is 414 g/mol. The topological polar surface area (TPSA) is 60.5 Å². The molecule has 1 aliphatic rings. The molecule has 5 nitrogen and oxygen atoms in total. The summed E-state index contributed by atoms with van der Waals surface area (Å²) in [6.45, 7) is 0. The van der Waals surface area contributed by atoms with Crippen molar-refractivity contribution in [3.63, 3.8) is 0 Å². The molecule has 1 aliphatic carbocycles. The Morgan fingerprint density at radius 1 is 1.21 bits per heavy atom. The number of alkyl halides is 3. The largest absolute Gasteiger partial charge is 0.493 e. The molecule has 0 saturated heterocycles. The van der Waals surface area contributed by atoms with E-state index in [-0.39, 0.29) is 18.5 Å². The molecule has 2 unspecified atom stereocenters. The number of carbonyl (C=O) groups excluding carboxylic acids is 1. The molecule has 1 fully saturated rings. The Balaban J connectivity index is 1.69. The molecule has 0 aliphatic heterocycles. The van der Waals surface area contributed by atoms with E-state index in [1.807, 2.05) is 0 Å². The number of aromatic nitrogens is 1. The molecule has 2 atom stereocenters. The minimum absolute atomic E-state index is 0.0814. The fourth-order valence-electron chi connectivity index (χ4n) is 3.36. The van der Waals surface area contributed by atoms with Crippen LogP contribution in [0.25, 0.3) is 10.6 Å². The van der Waals surface area contributed by atoms with Gasteiger partial charge in [-0.25, -0.2) is 4.98 Å². The highest BCUT2D eigenvalue weighted by Crippen LogP contribution is 2.38. The van der Waals surface area contributed by atoms with Crippen molar-refractivity contribution in [1.29, 1.82) is 0 Å². The van der Waals surface area contributed by atoms with E-state index in [2.05, 4.69) is 10.3 Å². The van der Waals surface area contributed by atoms with Crippen LogP contribution in [0.15, 0.2) is 23.6 Å². The molecule has 9 heteroatoms. The molecular weight excluding hydrogens is 393 g/mol. The van der Waals surface area contributed by atoms with Gasteiger partial charge >= 0.3 is 6.18 Å². The summed E-state index contributed by atoms with van der Waals surface area (Å²) < 4.78 is 49.3. The molecule has 152 valence electrons. The Kier molecular flexibility index (Phi) is 6.12. The molecule has 0 radical (unpaired) electrons. The van der Waals surface area contributed by atoms with Gasteiger partial charge in [0.15, 0.2) is 11.5 Å². The van der Waals surface area contributed by atoms with Crippen LogP contribution < -0.4 is 14.8 Å². The van der Waals surface area contributed by atoms with Gasteiger partial charge in [-0.15, -0.1) is 11.3 Å². The van der Waals surface area contributed by atoms with E-state index in [1.54, 1.807) is 23.6 Å². The first kappa shape index (κ1) is 20.4. The van der Waals surface area contributed by atoms with Crippen molar-refractivity contribution >= 4 is 17.2 Å². The van der Waals surface area contributed by atoms with Crippen LogP contribution in [-0.4, -0.2) is 37.3 Å². The maximum absolute atomic E-state index is 12.9. The van der Waals surface area contributed by atoms with Crippen LogP contribution in [0.2, 0.25) is 0 Å². The van der Waals surface area contributed by atoms with Gasteiger partial charge in [0.1, 0.15) is 10.7 Å². The van der Waals surface area contributed by atoms with Crippen molar-refractivity contribution in [2.45, 2.75) is 37.9 Å². The second-order valence-electron chi connectivity index (χ2n) is 6.68. The summed E-state index contributed by atoms with van der Waals surface area (Å²) in [6, 6.07) is 4.82. The number of nitrogens with one attached hydrogen (secondary N) is 1. The van der Waals surface area contributed by atoms with Crippen LogP contribution in [0.3, 0.4) is 0 Å². The number of amides is 1. The zero-order valence-electron chi connectivity index (χ0n) is 15.5. The van der Waals surface area contributed by atoms with E-state index >= 15 is 0 Å². The van der Waals surface area contributed by atoms with Crippen LogP contribution in [0.1, 0.15) is 36.2 Å². The second-order valence-corrected chi connectivity index (χ2v) is 7.54. The lowest BCUT2D eigenvalue weighted by atomic mass is 9.85. The van der Waals surface area contributed by atoms with Crippen molar-refractivity contribution in [3.8, 4) is 22.1 Å². The fourth-order valence-corrected chi connectivity index (χ4v) is 4.15. The number of benzene rings is 1. The number of hydrogen-bond donors (Lipinski definition) is 1. The smallest absolute Gasteiger partial charge is 0.391 e. The van der Waals surface area contributed by atoms with E-state index in [4.69, 9.17) is 9.47 Å². The lowest BCUT2D eigenvalue weighted by Gasteiger charge is -2.30. The van der Waals surface area contributed by atoms with Crippen LogP contribution in [0.4, 0.5) is 13.2 Å². The maximum Gasteiger partial charge on any atom is 0.391 e. The SMILES string of the molecule is COc1ccc(-c2nc(C(=O)NC3CCCC(C(F)(F)F)C3)cs2)cc1OC. The van der Waals surface area contributed by atoms with Gasteiger partial charge in [-0.3, -0.25) is 4.79 Å². The molecule has 1 N–H and O–H groups in total. The number of carbonyl (C=O) groups is 1. The first-order chi connectivity index (χ1) is 13.3. The molecule has 0 spiro atoms. The Morgan fingerprint density at radius 2 is 1.96 bits per heavy atom. The first-order valence-electron chi connectivity index (χ1n) is 8.87. The summed E-state index contributed by atoms with van der Waals surface area (Å²) in [5, 5.41) is 4.92. The van der Waals surface area contributed by atoms with Gasteiger partial charge in [0.2, 0.25) is 0 Å². The van der Waals surface area contributed by atoms with Gasteiger partial charge in [-0.05, 0) is 37.5 Å². The molecule has 1 aromatic carbocycles. The number of hydrogen-bond acceptors (Lipinski definition) is 5. The molecule has 3 rings (SSSR count). The molecule has 28 heavy (non-hydrogen) atoms. The van der Waals surface area contributed by atoms with Gasteiger partial charge in [0, 0.05) is 17.0 Å². The third kappa shape index (κ3) is 4.57. The number of rotatable bonds is 5. The standard InChI is InChI=1S/C19H21F3N2O3S/c1-26-15-7-6-11(8-16(15)27-2)18-24-14(10-28-18)17(25)23-13-5-3-4-12(9-13)19(20,21)22/h6-8,10,12-13H,3-5,9H2,1-2H3,(H,23,25). The maximum atomic E-state index is 12.9. The Morgan fingerprint density at radius 3 is 2.64 bits per heavy atom. The highest BCUT2D eigenvalue weighted by atomic mass is 32.1. The summed E-state index contributed by atoms with van der Waals surface area (Å²) in [6.07, 6.45) is -3.18. The molecule has 2 aromatic rings. The van der Waals surface area contributed by atoms with Gasteiger partial charge in [0.05, 0.1) is 20.1 Å². The van der Waals surface area contributed by atoms with Gasteiger partial charge in [-0.2, -0.15) is 13.2 Å². The Labute approximate surface area is 164 Å². The number of ether oxygens (including phenoxy) is 2. The lowest BCUT2D eigenvalue weighted by molar-refractivity contribution is -0.183. The summed E-state index contributed by atoms with van der Waals surface area (Å²) in [5.74, 6) is -0.681. The third-order valence-electron chi connectivity index (χ3n) is 4.84. The lowest BCUT2D eigenvalue weighted by Crippen LogP contribution is -2.41. The summed E-state index contributed by atoms with van der Waals surface area (Å²) >= 11 is 1.28. The van der Waals surface area contributed by atoms with Crippen LogP contribution in [0.5, 0.6) is 11.5 Å². The highest BCUT2D eigenvalue weighted by Gasteiger charge is 2.42. The zero-order valence-corrected chi connectivity index (χ0v) is 16.3. The third-order valence-corrected chi connectivity index (χ3v) is 5.73. The van der Waals surface area contributed by atoms with Crippen molar-refractivity contribution in [2.75, 3.05) is 14.2 Å². The minimum atomic E-state index is -4.22. The van der Waals surface area contributed by atoms with Gasteiger partial charge < -0.3 is 14.8 Å². The number of thiazole rings is 1. The Bertz CT molecular complexity index is 838. The fraction of sp³-hybridized carbons (Fsp3) is 0.474. The second kappa shape index (κ2) is 8.38. The normalized spacial score (nSPS) is 19.9. The molecular formula is C19H21F3N2O3S. The predicted molar refractivity (Wildman–Crippen MR) is 99.9 cm³/mol. The monoisotopic (exact) mass is 414 g/mol. The van der Waals surface area contributed by atoms with Crippen molar-refractivity contribution in [2.24, 2.45) is 5.92 Å². The van der Waals surface area contributed by atoms with Gasteiger partial charge in [-0.1, -0.05) is 6.42 Å². The summed E-state index contributed by atoms with van der Waals surface area (Å²) in [4.78, 5) is 16.8. The van der Waals surface area contributed by atoms with Crippen molar-refractivity contribution in [1.82, 2.24) is 10.3 Å². The molecule has 1 amide bonds. The zero-order chi connectivity index (χ0) is 20.3. The molecule has 1 saturated carbocycles. The van der Waals surface area contributed by atoms with Crippen LogP contribution >= 0.6 is 11.3 Å². The van der Waals surface area contributed by atoms with Crippen molar-refractivity contribution < 1.29 is 27.4 Å². The first-order valence-corrected chi connectivity index (χ1v) is 9.75. The molecule has 1 aromatic heterocycles. The summed E-state index contributed by atoms with van der Waals surface area (Å²) in [5.41, 5.74) is 0.959. The van der Waals surface area contributed by atoms with Gasteiger partial charge in [0.25, 0.3) is 5.91 Å². The van der Waals surface area contributed by atoms with E-state index < -0.39 is 24.0 Å². The predicted octanol–water partition coefficient (Wildman–Crippen LogP) is 4.68. The molecule has 1 heterocycles. The number of nitrogens with zero attached hydrogens (tertiary/aromatic N) is 1. The van der Waals surface area contributed by atoms with Crippen LogP contribution in [0, 0.1) is 5.92 Å². The highest BCUT2D eigenvalue weighted by molar-refractivity contribution is 7.13. The van der Waals surface area contributed by atoms with E-state index in [1.165, 1.54) is 25.6 Å². The minimum Gasteiger partial charge on any atom is -0.493 e. The summed E-state index contributed by atoms with van der Waals surface area (Å²) in [7, 11) is 3.07. The quantitative estimate of drug-likeness (QED) is 0.772. The van der Waals surface area contributed by atoms with E-state index in [0.717, 1.165) is 5.56 Å². The van der Waals surface area contributed by atoms with E-state index in [9.17, 15) is 18.0 Å². The average Bonchev–Trinajstić information content (AvgIpc) is 3.17. The Hall–Kier alpha value is -2.29. The molecule has 0 bridgehead atoms. The number of methoxy groups -OCH3 is 2. The van der Waals surface area contributed by atoms with Crippen molar-refractivity contribution in [3.05, 3.63) is 29.3 Å². The van der Waals surface area contributed by atoms with E-state index in [0.29, 0.717) is 29.3 Å². The number of halogens is 3.